The van der Waals surface area contributed by atoms with Gasteiger partial charge in [-0.1, -0.05) is 18.2 Å². The highest BCUT2D eigenvalue weighted by Gasteiger charge is 2.14. The van der Waals surface area contributed by atoms with Crippen molar-refractivity contribution in [2.75, 3.05) is 0 Å². The lowest BCUT2D eigenvalue weighted by Gasteiger charge is -2.11. The third-order valence-corrected chi connectivity index (χ3v) is 3.26. The van der Waals surface area contributed by atoms with Crippen molar-refractivity contribution in [3.63, 3.8) is 0 Å². The molecular formula is C15H10BrNO3. The minimum atomic E-state index is -1.05. The number of halogens is 1. The smallest absolute Gasteiger partial charge is 0.339 e. The van der Waals surface area contributed by atoms with Crippen molar-refractivity contribution in [3.8, 4) is 11.8 Å². The van der Waals surface area contributed by atoms with E-state index in [-0.39, 0.29) is 17.9 Å². The fraction of sp³-hybridized carbons (Fsp3) is 0.0667. The summed E-state index contributed by atoms with van der Waals surface area (Å²) >= 11 is 3.28. The topological polar surface area (TPSA) is 70.3 Å². The van der Waals surface area contributed by atoms with Crippen LogP contribution in [0.25, 0.3) is 0 Å². The summed E-state index contributed by atoms with van der Waals surface area (Å²) in [5.74, 6) is -0.769. The van der Waals surface area contributed by atoms with Crippen LogP contribution >= 0.6 is 15.9 Å². The second-order valence-electron chi connectivity index (χ2n) is 4.02. The maximum absolute atomic E-state index is 11.1. The Hall–Kier alpha value is -2.32. The number of hydrogen-bond donors (Lipinski definition) is 1. The molecular weight excluding hydrogens is 322 g/mol. The van der Waals surface area contributed by atoms with Crippen LogP contribution < -0.4 is 4.74 Å². The fourth-order valence-electron chi connectivity index (χ4n) is 1.71. The molecule has 0 aliphatic heterocycles. The minimum Gasteiger partial charge on any atom is -0.487 e. The molecule has 0 spiro atoms. The van der Waals surface area contributed by atoms with Crippen LogP contribution in [0.15, 0.2) is 46.9 Å². The van der Waals surface area contributed by atoms with E-state index in [1.807, 2.05) is 12.1 Å². The van der Waals surface area contributed by atoms with E-state index >= 15 is 0 Å². The van der Waals surface area contributed by atoms with Crippen LogP contribution in [0.2, 0.25) is 0 Å². The first-order chi connectivity index (χ1) is 9.61. The third-order valence-electron chi connectivity index (χ3n) is 2.64. The van der Waals surface area contributed by atoms with E-state index in [0.29, 0.717) is 10.0 Å². The zero-order chi connectivity index (χ0) is 14.5. The van der Waals surface area contributed by atoms with Crippen molar-refractivity contribution in [1.29, 1.82) is 5.26 Å². The molecule has 0 atom stereocenters. The van der Waals surface area contributed by atoms with E-state index < -0.39 is 5.97 Å². The molecule has 0 radical (unpaired) electrons. The van der Waals surface area contributed by atoms with E-state index in [1.165, 1.54) is 6.07 Å². The molecule has 5 heteroatoms. The lowest BCUT2D eigenvalue weighted by molar-refractivity contribution is 0.0691. The summed E-state index contributed by atoms with van der Waals surface area (Å²) in [6, 6.07) is 13.9. The Bertz CT molecular complexity index is 692. The number of ether oxygens (including phenoxy) is 1. The monoisotopic (exact) mass is 331 g/mol. The number of hydrogen-bond acceptors (Lipinski definition) is 3. The van der Waals surface area contributed by atoms with E-state index in [0.717, 1.165) is 5.56 Å². The molecule has 20 heavy (non-hydrogen) atoms. The number of nitrogens with zero attached hydrogens (tertiary/aromatic N) is 1. The molecule has 0 unspecified atom stereocenters. The molecule has 0 amide bonds. The lowest BCUT2D eigenvalue weighted by atomic mass is 10.1. The Morgan fingerprint density at radius 3 is 2.75 bits per heavy atom. The molecule has 0 bridgehead atoms. The first-order valence-electron chi connectivity index (χ1n) is 5.75. The van der Waals surface area contributed by atoms with Gasteiger partial charge in [0.15, 0.2) is 0 Å². The predicted molar refractivity (Wildman–Crippen MR) is 76.6 cm³/mol. The summed E-state index contributed by atoms with van der Waals surface area (Å²) < 4.78 is 6.16. The Morgan fingerprint density at radius 2 is 2.05 bits per heavy atom. The summed E-state index contributed by atoms with van der Waals surface area (Å²) in [6.45, 7) is 0.193. The van der Waals surface area contributed by atoms with Crippen molar-refractivity contribution in [3.05, 3.63) is 63.6 Å². The third kappa shape index (κ3) is 3.16. The Morgan fingerprint density at radius 1 is 1.30 bits per heavy atom. The molecule has 4 nitrogen and oxygen atoms in total. The molecule has 0 aromatic heterocycles. The van der Waals surface area contributed by atoms with Crippen molar-refractivity contribution in [2.24, 2.45) is 0 Å². The number of carbonyl (C=O) groups is 1. The van der Waals surface area contributed by atoms with Gasteiger partial charge in [-0.3, -0.25) is 0 Å². The van der Waals surface area contributed by atoms with E-state index in [4.69, 9.17) is 15.1 Å². The number of rotatable bonds is 4. The SMILES string of the molecule is N#Cc1cccc(COc2c(Br)cccc2C(=O)O)c1. The summed E-state index contributed by atoms with van der Waals surface area (Å²) in [5.41, 5.74) is 1.43. The first-order valence-corrected chi connectivity index (χ1v) is 6.55. The average molecular weight is 332 g/mol. The number of aromatic carboxylic acids is 1. The van der Waals surface area contributed by atoms with Gasteiger partial charge < -0.3 is 9.84 Å². The van der Waals surface area contributed by atoms with Gasteiger partial charge in [-0.05, 0) is 45.8 Å². The van der Waals surface area contributed by atoms with Crippen molar-refractivity contribution in [2.45, 2.75) is 6.61 Å². The van der Waals surface area contributed by atoms with Crippen molar-refractivity contribution < 1.29 is 14.6 Å². The molecule has 0 fully saturated rings. The van der Waals surface area contributed by atoms with Gasteiger partial charge in [0.05, 0.1) is 16.1 Å². The summed E-state index contributed by atoms with van der Waals surface area (Å²) in [7, 11) is 0. The molecule has 1 N–H and O–H groups in total. The molecule has 2 aromatic carbocycles. The number of para-hydroxylation sites is 1. The van der Waals surface area contributed by atoms with E-state index in [2.05, 4.69) is 15.9 Å². The average Bonchev–Trinajstić information content (AvgIpc) is 2.45. The van der Waals surface area contributed by atoms with Gasteiger partial charge in [-0.2, -0.15) is 5.26 Å². The fourth-order valence-corrected chi connectivity index (χ4v) is 2.19. The summed E-state index contributed by atoms with van der Waals surface area (Å²) in [6.07, 6.45) is 0. The second kappa shape index (κ2) is 6.22. The van der Waals surface area contributed by atoms with Crippen LogP contribution in [-0.4, -0.2) is 11.1 Å². The van der Waals surface area contributed by atoms with Gasteiger partial charge >= 0.3 is 5.97 Å². The number of nitriles is 1. The van der Waals surface area contributed by atoms with Crippen molar-refractivity contribution in [1.82, 2.24) is 0 Å². The first kappa shape index (κ1) is 14.1. The molecule has 0 aliphatic rings. The lowest BCUT2D eigenvalue weighted by Crippen LogP contribution is -2.04. The molecule has 0 saturated heterocycles. The van der Waals surface area contributed by atoms with Crippen LogP contribution in [0.4, 0.5) is 0 Å². The van der Waals surface area contributed by atoms with Crippen molar-refractivity contribution >= 4 is 21.9 Å². The molecule has 0 heterocycles. The molecule has 0 saturated carbocycles. The van der Waals surface area contributed by atoms with Gasteiger partial charge in [0.25, 0.3) is 0 Å². The van der Waals surface area contributed by atoms with E-state index in [1.54, 1.807) is 30.3 Å². The summed E-state index contributed by atoms with van der Waals surface area (Å²) in [5, 5.41) is 18.0. The summed E-state index contributed by atoms with van der Waals surface area (Å²) in [4.78, 5) is 11.1. The predicted octanol–water partition coefficient (Wildman–Crippen LogP) is 3.60. The quantitative estimate of drug-likeness (QED) is 0.929. The Balaban J connectivity index is 2.23. The Kier molecular flexibility index (Phi) is 4.38. The van der Waals surface area contributed by atoms with Gasteiger partial charge in [0.2, 0.25) is 0 Å². The van der Waals surface area contributed by atoms with Gasteiger partial charge in [0.1, 0.15) is 17.9 Å². The van der Waals surface area contributed by atoms with Crippen LogP contribution in [0.5, 0.6) is 5.75 Å². The zero-order valence-corrected chi connectivity index (χ0v) is 11.9. The van der Waals surface area contributed by atoms with Crippen LogP contribution in [-0.2, 0) is 6.61 Å². The molecule has 2 rings (SSSR count). The molecule has 100 valence electrons. The van der Waals surface area contributed by atoms with Crippen LogP contribution in [0, 0.1) is 11.3 Å². The zero-order valence-electron chi connectivity index (χ0n) is 10.3. The normalized spacial score (nSPS) is 9.80. The minimum absolute atomic E-state index is 0.0933. The number of carboxylic acid groups (broad SMARTS) is 1. The van der Waals surface area contributed by atoms with Crippen LogP contribution in [0.3, 0.4) is 0 Å². The number of benzene rings is 2. The highest BCUT2D eigenvalue weighted by atomic mass is 79.9. The highest BCUT2D eigenvalue weighted by Crippen LogP contribution is 2.29. The Labute approximate surface area is 124 Å². The maximum Gasteiger partial charge on any atom is 0.339 e. The van der Waals surface area contributed by atoms with Gasteiger partial charge in [0, 0.05) is 0 Å². The standard InChI is InChI=1S/C15H10BrNO3/c16-13-6-2-5-12(15(18)19)14(13)20-9-11-4-1-3-10(7-11)8-17/h1-7H,9H2,(H,18,19). The molecule has 2 aromatic rings. The van der Waals surface area contributed by atoms with Gasteiger partial charge in [-0.25, -0.2) is 4.79 Å². The molecule has 0 aliphatic carbocycles. The second-order valence-corrected chi connectivity index (χ2v) is 4.88. The van der Waals surface area contributed by atoms with Crippen LogP contribution in [0.1, 0.15) is 21.5 Å². The number of carboxylic acids is 1. The largest absolute Gasteiger partial charge is 0.487 e. The maximum atomic E-state index is 11.1. The van der Waals surface area contributed by atoms with Gasteiger partial charge in [-0.15, -0.1) is 0 Å². The highest BCUT2D eigenvalue weighted by molar-refractivity contribution is 9.10. The van der Waals surface area contributed by atoms with E-state index in [9.17, 15) is 4.79 Å².